The van der Waals surface area contributed by atoms with Gasteiger partial charge in [-0.3, -0.25) is 4.79 Å². The Morgan fingerprint density at radius 1 is 0.955 bits per heavy atom. The molecule has 0 aromatic heterocycles. The van der Waals surface area contributed by atoms with E-state index < -0.39 is 0 Å². The highest BCUT2D eigenvalue weighted by Crippen LogP contribution is 2.30. The van der Waals surface area contributed by atoms with Gasteiger partial charge in [-0.05, 0) is 55.3 Å². The second kappa shape index (κ2) is 6.10. The summed E-state index contributed by atoms with van der Waals surface area (Å²) in [4.78, 5) is 12.4. The largest absolute Gasteiger partial charge is 0.490 e. The Morgan fingerprint density at radius 3 is 2.50 bits per heavy atom. The van der Waals surface area contributed by atoms with Crippen molar-refractivity contribution in [3.8, 4) is 11.5 Å². The molecule has 1 aliphatic heterocycles. The molecule has 0 radical (unpaired) electrons. The van der Waals surface area contributed by atoms with E-state index in [0.29, 0.717) is 30.3 Å². The first-order valence-electron chi connectivity index (χ1n) is 7.42. The third-order valence-corrected chi connectivity index (χ3v) is 3.77. The topological polar surface area (TPSA) is 47.6 Å². The van der Waals surface area contributed by atoms with Crippen LogP contribution in [0, 0.1) is 13.8 Å². The first-order valence-corrected chi connectivity index (χ1v) is 7.42. The highest BCUT2D eigenvalue weighted by molar-refractivity contribution is 6.04. The molecule has 1 amide bonds. The van der Waals surface area contributed by atoms with Gasteiger partial charge in [0, 0.05) is 17.7 Å². The molecule has 0 saturated carbocycles. The molecule has 4 nitrogen and oxygen atoms in total. The Bertz CT molecular complexity index is 709. The maximum atomic E-state index is 12.4. The summed E-state index contributed by atoms with van der Waals surface area (Å²) in [6, 6.07) is 11.1. The van der Waals surface area contributed by atoms with E-state index in [1.165, 1.54) is 5.56 Å². The molecule has 0 saturated heterocycles. The molecular formula is C18H19NO3. The van der Waals surface area contributed by atoms with E-state index in [1.54, 1.807) is 18.2 Å². The second-order valence-electron chi connectivity index (χ2n) is 5.47. The number of fused-ring (bicyclic) bond motifs is 1. The Balaban J connectivity index is 1.80. The monoisotopic (exact) mass is 297 g/mol. The number of hydrogen-bond donors (Lipinski definition) is 1. The Morgan fingerprint density at radius 2 is 1.73 bits per heavy atom. The standard InChI is InChI=1S/C18H19NO3/c1-12-4-6-15(10-13(12)2)19-18(20)14-5-7-16-17(11-14)22-9-3-8-21-16/h4-7,10-11H,3,8-9H2,1-2H3,(H,19,20). The summed E-state index contributed by atoms with van der Waals surface area (Å²) >= 11 is 0. The van der Waals surface area contributed by atoms with Crippen molar-refractivity contribution in [1.29, 1.82) is 0 Å². The van der Waals surface area contributed by atoms with Gasteiger partial charge >= 0.3 is 0 Å². The molecule has 0 atom stereocenters. The van der Waals surface area contributed by atoms with E-state index in [2.05, 4.69) is 5.32 Å². The maximum absolute atomic E-state index is 12.4. The van der Waals surface area contributed by atoms with Crippen LogP contribution in [0.25, 0.3) is 0 Å². The molecule has 2 aromatic rings. The molecule has 1 N–H and O–H groups in total. The number of carbonyl (C=O) groups is 1. The SMILES string of the molecule is Cc1ccc(NC(=O)c2ccc3c(c2)OCCCO3)cc1C. The van der Waals surface area contributed by atoms with Crippen molar-refractivity contribution in [3.63, 3.8) is 0 Å². The Kier molecular flexibility index (Phi) is 4.00. The Hall–Kier alpha value is -2.49. The fourth-order valence-electron chi connectivity index (χ4n) is 2.33. The van der Waals surface area contributed by atoms with Crippen molar-refractivity contribution in [2.45, 2.75) is 20.3 Å². The van der Waals surface area contributed by atoms with E-state index in [0.717, 1.165) is 17.7 Å². The summed E-state index contributed by atoms with van der Waals surface area (Å²) in [5, 5.41) is 2.91. The highest BCUT2D eigenvalue weighted by atomic mass is 16.5. The van der Waals surface area contributed by atoms with Crippen molar-refractivity contribution in [3.05, 3.63) is 53.1 Å². The number of nitrogens with one attached hydrogen (secondary N) is 1. The zero-order valence-corrected chi connectivity index (χ0v) is 12.8. The minimum absolute atomic E-state index is 0.154. The molecule has 1 heterocycles. The molecule has 0 bridgehead atoms. The molecule has 22 heavy (non-hydrogen) atoms. The molecule has 0 spiro atoms. The average molecular weight is 297 g/mol. The minimum atomic E-state index is -0.154. The van der Waals surface area contributed by atoms with Crippen LogP contribution in [0.3, 0.4) is 0 Å². The van der Waals surface area contributed by atoms with Crippen LogP contribution in [-0.4, -0.2) is 19.1 Å². The van der Waals surface area contributed by atoms with E-state index >= 15 is 0 Å². The maximum Gasteiger partial charge on any atom is 0.255 e. The van der Waals surface area contributed by atoms with E-state index in [4.69, 9.17) is 9.47 Å². The van der Waals surface area contributed by atoms with E-state index in [9.17, 15) is 4.79 Å². The highest BCUT2D eigenvalue weighted by Gasteiger charge is 2.14. The Labute approximate surface area is 130 Å². The van der Waals surface area contributed by atoms with Crippen LogP contribution in [-0.2, 0) is 0 Å². The number of benzene rings is 2. The van der Waals surface area contributed by atoms with Crippen LogP contribution < -0.4 is 14.8 Å². The van der Waals surface area contributed by atoms with Gasteiger partial charge in [0.2, 0.25) is 0 Å². The van der Waals surface area contributed by atoms with Crippen LogP contribution in [0.15, 0.2) is 36.4 Å². The predicted octanol–water partition coefficient (Wildman–Crippen LogP) is 3.72. The fraction of sp³-hybridized carbons (Fsp3) is 0.278. The number of carbonyl (C=O) groups excluding carboxylic acids is 1. The lowest BCUT2D eigenvalue weighted by molar-refractivity contribution is 0.102. The van der Waals surface area contributed by atoms with Crippen molar-refractivity contribution in [2.75, 3.05) is 18.5 Å². The van der Waals surface area contributed by atoms with Crippen LogP contribution in [0.5, 0.6) is 11.5 Å². The summed E-state index contributed by atoms with van der Waals surface area (Å²) < 4.78 is 11.2. The molecule has 2 aromatic carbocycles. The average Bonchev–Trinajstić information content (AvgIpc) is 2.75. The van der Waals surface area contributed by atoms with Gasteiger partial charge in [0.15, 0.2) is 11.5 Å². The molecule has 3 rings (SSSR count). The zero-order valence-electron chi connectivity index (χ0n) is 12.8. The van der Waals surface area contributed by atoms with Crippen LogP contribution in [0.2, 0.25) is 0 Å². The lowest BCUT2D eigenvalue weighted by atomic mass is 10.1. The van der Waals surface area contributed by atoms with Crippen molar-refractivity contribution in [1.82, 2.24) is 0 Å². The molecule has 0 fully saturated rings. The minimum Gasteiger partial charge on any atom is -0.490 e. The number of amides is 1. The second-order valence-corrected chi connectivity index (χ2v) is 5.47. The zero-order chi connectivity index (χ0) is 15.5. The first kappa shape index (κ1) is 14.4. The van der Waals surface area contributed by atoms with Gasteiger partial charge in [-0.1, -0.05) is 6.07 Å². The molecule has 1 aliphatic rings. The summed E-state index contributed by atoms with van der Waals surface area (Å²) in [6.07, 6.45) is 0.846. The number of rotatable bonds is 2. The molecular weight excluding hydrogens is 278 g/mol. The number of aryl methyl sites for hydroxylation is 2. The lowest BCUT2D eigenvalue weighted by Crippen LogP contribution is -2.12. The van der Waals surface area contributed by atoms with Crippen LogP contribution in [0.1, 0.15) is 27.9 Å². The molecule has 114 valence electrons. The third kappa shape index (κ3) is 3.06. The number of ether oxygens (including phenoxy) is 2. The van der Waals surface area contributed by atoms with E-state index in [1.807, 2.05) is 32.0 Å². The normalized spacial score (nSPS) is 13.4. The summed E-state index contributed by atoms with van der Waals surface area (Å²) in [7, 11) is 0. The molecule has 0 aliphatic carbocycles. The fourth-order valence-corrected chi connectivity index (χ4v) is 2.33. The van der Waals surface area contributed by atoms with Crippen molar-refractivity contribution in [2.24, 2.45) is 0 Å². The van der Waals surface area contributed by atoms with Crippen LogP contribution in [0.4, 0.5) is 5.69 Å². The van der Waals surface area contributed by atoms with Gasteiger partial charge in [-0.25, -0.2) is 0 Å². The summed E-state index contributed by atoms with van der Waals surface area (Å²) in [6.45, 7) is 5.32. The van der Waals surface area contributed by atoms with Gasteiger partial charge in [0.05, 0.1) is 13.2 Å². The van der Waals surface area contributed by atoms with Gasteiger partial charge in [0.1, 0.15) is 0 Å². The van der Waals surface area contributed by atoms with Crippen molar-refractivity contribution < 1.29 is 14.3 Å². The van der Waals surface area contributed by atoms with Crippen molar-refractivity contribution >= 4 is 11.6 Å². The third-order valence-electron chi connectivity index (χ3n) is 3.77. The summed E-state index contributed by atoms with van der Waals surface area (Å²) in [5.41, 5.74) is 3.70. The number of anilines is 1. The first-order chi connectivity index (χ1) is 10.6. The predicted molar refractivity (Wildman–Crippen MR) is 85.9 cm³/mol. The lowest BCUT2D eigenvalue weighted by Gasteiger charge is -2.10. The van der Waals surface area contributed by atoms with Gasteiger partial charge < -0.3 is 14.8 Å². The van der Waals surface area contributed by atoms with Gasteiger partial charge in [-0.2, -0.15) is 0 Å². The number of hydrogen-bond acceptors (Lipinski definition) is 3. The van der Waals surface area contributed by atoms with Gasteiger partial charge in [0.25, 0.3) is 5.91 Å². The molecule has 4 heteroatoms. The summed E-state index contributed by atoms with van der Waals surface area (Å²) in [5.74, 6) is 1.17. The molecule has 0 unspecified atom stereocenters. The van der Waals surface area contributed by atoms with Gasteiger partial charge in [-0.15, -0.1) is 0 Å². The quantitative estimate of drug-likeness (QED) is 0.919. The van der Waals surface area contributed by atoms with E-state index in [-0.39, 0.29) is 5.91 Å². The smallest absolute Gasteiger partial charge is 0.255 e. The van der Waals surface area contributed by atoms with Crippen LogP contribution >= 0.6 is 0 Å².